The number of aromatic amines is 1. The van der Waals surface area contributed by atoms with Gasteiger partial charge in [-0.05, 0) is 36.8 Å². The van der Waals surface area contributed by atoms with Crippen LogP contribution in [0, 0.1) is 0 Å². The van der Waals surface area contributed by atoms with Crippen LogP contribution >= 0.6 is 11.6 Å². The SMILES string of the molecule is CCCN(Cc1nc2cc(Cl)ccc2c(=O)[nH]1)C(=O)C1COc2ccccc2O1. The lowest BCUT2D eigenvalue weighted by Crippen LogP contribution is -2.46. The van der Waals surface area contributed by atoms with E-state index in [0.717, 1.165) is 6.42 Å². The Morgan fingerprint density at radius 2 is 2.07 bits per heavy atom. The van der Waals surface area contributed by atoms with Crippen LogP contribution in [0.4, 0.5) is 0 Å². The molecule has 2 aromatic carbocycles. The predicted molar refractivity (Wildman–Crippen MR) is 109 cm³/mol. The number of carbonyl (C=O) groups is 1. The Hall–Kier alpha value is -3.06. The van der Waals surface area contributed by atoms with Crippen molar-refractivity contribution < 1.29 is 14.3 Å². The zero-order valence-corrected chi connectivity index (χ0v) is 16.6. The van der Waals surface area contributed by atoms with Crippen molar-refractivity contribution in [2.24, 2.45) is 0 Å². The van der Waals surface area contributed by atoms with Crippen LogP contribution in [0.5, 0.6) is 11.5 Å². The number of halogens is 1. The Morgan fingerprint density at radius 3 is 2.86 bits per heavy atom. The first-order valence-corrected chi connectivity index (χ1v) is 9.78. The Kier molecular flexibility index (Phi) is 5.40. The smallest absolute Gasteiger partial charge is 0.267 e. The number of carbonyl (C=O) groups excluding carboxylic acids is 1. The van der Waals surface area contributed by atoms with E-state index in [0.29, 0.717) is 39.8 Å². The fourth-order valence-corrected chi connectivity index (χ4v) is 3.46. The second-order valence-corrected chi connectivity index (χ2v) is 7.23. The lowest BCUT2D eigenvalue weighted by atomic mass is 10.2. The average Bonchev–Trinajstić information content (AvgIpc) is 2.72. The van der Waals surface area contributed by atoms with Gasteiger partial charge in [0.1, 0.15) is 12.4 Å². The summed E-state index contributed by atoms with van der Waals surface area (Å²) in [7, 11) is 0. The van der Waals surface area contributed by atoms with Crippen molar-refractivity contribution in [1.29, 1.82) is 0 Å². The van der Waals surface area contributed by atoms with Crippen molar-refractivity contribution in [3.63, 3.8) is 0 Å². The third-order valence-corrected chi connectivity index (χ3v) is 4.88. The highest BCUT2D eigenvalue weighted by Gasteiger charge is 2.31. The largest absolute Gasteiger partial charge is 0.485 e. The van der Waals surface area contributed by atoms with Gasteiger partial charge in [0, 0.05) is 11.6 Å². The van der Waals surface area contributed by atoms with Gasteiger partial charge >= 0.3 is 0 Å². The molecule has 1 amide bonds. The molecule has 0 radical (unpaired) electrons. The highest BCUT2D eigenvalue weighted by molar-refractivity contribution is 6.31. The first kappa shape index (κ1) is 19.3. The monoisotopic (exact) mass is 413 g/mol. The third kappa shape index (κ3) is 4.05. The summed E-state index contributed by atoms with van der Waals surface area (Å²) in [4.78, 5) is 34.3. The van der Waals surface area contributed by atoms with Crippen LogP contribution in [0.25, 0.3) is 10.9 Å². The number of nitrogens with one attached hydrogen (secondary N) is 1. The molecular weight excluding hydrogens is 394 g/mol. The molecule has 3 aromatic rings. The lowest BCUT2D eigenvalue weighted by molar-refractivity contribution is -0.142. The second kappa shape index (κ2) is 8.13. The van der Waals surface area contributed by atoms with Gasteiger partial charge in [-0.1, -0.05) is 30.7 Å². The van der Waals surface area contributed by atoms with E-state index in [1.807, 2.05) is 19.1 Å². The number of fused-ring (bicyclic) bond motifs is 2. The number of ether oxygens (including phenoxy) is 2. The van der Waals surface area contributed by atoms with Crippen LogP contribution in [-0.2, 0) is 11.3 Å². The van der Waals surface area contributed by atoms with Crippen LogP contribution in [-0.4, -0.2) is 40.0 Å². The lowest BCUT2D eigenvalue weighted by Gasteiger charge is -2.30. The van der Waals surface area contributed by atoms with Crippen molar-refractivity contribution in [1.82, 2.24) is 14.9 Å². The highest BCUT2D eigenvalue weighted by atomic mass is 35.5. The molecule has 0 aliphatic carbocycles. The normalized spacial score (nSPS) is 15.3. The number of hydrogen-bond donors (Lipinski definition) is 1. The van der Waals surface area contributed by atoms with Gasteiger partial charge in [-0.3, -0.25) is 9.59 Å². The summed E-state index contributed by atoms with van der Waals surface area (Å²) < 4.78 is 11.5. The van der Waals surface area contributed by atoms with E-state index in [9.17, 15) is 9.59 Å². The van der Waals surface area contributed by atoms with Gasteiger partial charge in [-0.15, -0.1) is 0 Å². The van der Waals surface area contributed by atoms with Crippen LogP contribution in [0.15, 0.2) is 47.3 Å². The average molecular weight is 414 g/mol. The van der Waals surface area contributed by atoms with Crippen LogP contribution in [0.1, 0.15) is 19.2 Å². The minimum absolute atomic E-state index is 0.132. The summed E-state index contributed by atoms with van der Waals surface area (Å²) in [5, 5.41) is 0.946. The molecule has 0 fully saturated rings. The van der Waals surface area contributed by atoms with Crippen molar-refractivity contribution in [3.8, 4) is 11.5 Å². The summed E-state index contributed by atoms with van der Waals surface area (Å²) in [6.07, 6.45) is -0.00224. The number of nitrogens with zero attached hydrogens (tertiary/aromatic N) is 2. The number of hydrogen-bond acceptors (Lipinski definition) is 5. The molecule has 1 aliphatic heterocycles. The zero-order chi connectivity index (χ0) is 20.4. The molecule has 1 unspecified atom stereocenters. The molecule has 29 heavy (non-hydrogen) atoms. The van der Waals surface area contributed by atoms with Gasteiger partial charge in [0.25, 0.3) is 11.5 Å². The maximum atomic E-state index is 13.1. The summed E-state index contributed by atoms with van der Waals surface area (Å²) in [6.45, 7) is 2.76. The number of rotatable bonds is 5. The molecule has 4 rings (SSSR count). The van der Waals surface area contributed by atoms with Gasteiger partial charge in [0.2, 0.25) is 6.10 Å². The quantitative estimate of drug-likeness (QED) is 0.694. The molecule has 0 spiro atoms. The number of H-pyrrole nitrogens is 1. The molecule has 1 N–H and O–H groups in total. The molecule has 0 bridgehead atoms. The van der Waals surface area contributed by atoms with Crippen LogP contribution in [0.3, 0.4) is 0 Å². The van der Waals surface area contributed by atoms with Crippen molar-refractivity contribution in [2.45, 2.75) is 26.0 Å². The predicted octanol–water partition coefficient (Wildman–Crippen LogP) is 3.16. The molecule has 0 saturated heterocycles. The number of benzene rings is 2. The van der Waals surface area contributed by atoms with E-state index in [-0.39, 0.29) is 24.6 Å². The van der Waals surface area contributed by atoms with E-state index in [4.69, 9.17) is 21.1 Å². The molecule has 1 atom stereocenters. The van der Waals surface area contributed by atoms with Gasteiger partial charge < -0.3 is 19.4 Å². The summed E-state index contributed by atoms with van der Waals surface area (Å²) >= 11 is 6.02. The first-order chi connectivity index (χ1) is 14.0. The van der Waals surface area contributed by atoms with Crippen molar-refractivity contribution in [2.75, 3.05) is 13.2 Å². The zero-order valence-electron chi connectivity index (χ0n) is 15.9. The molecule has 7 nitrogen and oxygen atoms in total. The minimum Gasteiger partial charge on any atom is -0.485 e. The molecular formula is C21H20ClN3O4. The molecule has 8 heteroatoms. The van der Waals surface area contributed by atoms with E-state index in [1.54, 1.807) is 35.2 Å². The number of para-hydroxylation sites is 2. The van der Waals surface area contributed by atoms with Crippen LogP contribution in [0.2, 0.25) is 5.02 Å². The summed E-state index contributed by atoms with van der Waals surface area (Å²) in [6, 6.07) is 12.2. The van der Waals surface area contributed by atoms with E-state index in [1.165, 1.54) is 0 Å². The maximum Gasteiger partial charge on any atom is 0.267 e. The molecule has 1 aliphatic rings. The fraction of sp³-hybridized carbons (Fsp3) is 0.286. The van der Waals surface area contributed by atoms with Gasteiger partial charge in [-0.25, -0.2) is 4.98 Å². The van der Waals surface area contributed by atoms with Crippen molar-refractivity contribution >= 4 is 28.4 Å². The second-order valence-electron chi connectivity index (χ2n) is 6.80. The van der Waals surface area contributed by atoms with Crippen molar-refractivity contribution in [3.05, 3.63) is 63.7 Å². The van der Waals surface area contributed by atoms with Gasteiger partial charge in [0.15, 0.2) is 11.5 Å². The Labute approximate surface area is 172 Å². The Morgan fingerprint density at radius 1 is 1.28 bits per heavy atom. The molecule has 2 heterocycles. The van der Waals surface area contributed by atoms with Crippen LogP contribution < -0.4 is 15.0 Å². The molecule has 150 valence electrons. The first-order valence-electron chi connectivity index (χ1n) is 9.41. The topological polar surface area (TPSA) is 84.5 Å². The summed E-state index contributed by atoms with van der Waals surface area (Å²) in [5.74, 6) is 1.34. The standard InChI is InChI=1S/C21H20ClN3O4/c1-2-9-25(21(27)18-12-28-16-5-3-4-6-17(16)29-18)11-19-23-15-10-13(22)7-8-14(15)20(26)24-19/h3-8,10,18H,2,9,11-12H2,1H3,(H,23,24,26). The van der Waals surface area contributed by atoms with E-state index in [2.05, 4.69) is 9.97 Å². The van der Waals surface area contributed by atoms with E-state index >= 15 is 0 Å². The summed E-state index contributed by atoms with van der Waals surface area (Å²) in [5.41, 5.74) is 0.225. The number of amides is 1. The third-order valence-electron chi connectivity index (χ3n) is 4.65. The fourth-order valence-electron chi connectivity index (χ4n) is 3.30. The van der Waals surface area contributed by atoms with Gasteiger partial charge in [0.05, 0.1) is 17.4 Å². The maximum absolute atomic E-state index is 13.1. The highest BCUT2D eigenvalue weighted by Crippen LogP contribution is 2.31. The Bertz CT molecular complexity index is 1110. The Balaban J connectivity index is 1.57. The van der Waals surface area contributed by atoms with E-state index < -0.39 is 6.10 Å². The number of aromatic nitrogens is 2. The molecule has 1 aromatic heterocycles. The molecule has 0 saturated carbocycles. The minimum atomic E-state index is -0.752. The van der Waals surface area contributed by atoms with Gasteiger partial charge in [-0.2, -0.15) is 0 Å².